The van der Waals surface area contributed by atoms with Crippen molar-refractivity contribution in [1.29, 1.82) is 0 Å². The van der Waals surface area contributed by atoms with Gasteiger partial charge in [-0.05, 0) is 12.8 Å². The fraction of sp³-hybridized carbons (Fsp3) is 0.750. The van der Waals surface area contributed by atoms with Gasteiger partial charge in [-0.3, -0.25) is 0 Å². The molecule has 0 aromatic rings. The number of hydrogen-bond acceptors (Lipinski definition) is 1. The molecule has 0 heterocycles. The van der Waals surface area contributed by atoms with Crippen LogP contribution >= 0.6 is 8.58 Å². The van der Waals surface area contributed by atoms with Crippen LogP contribution in [0.1, 0.15) is 6.42 Å². The minimum absolute atomic E-state index is 0.745. The summed E-state index contributed by atoms with van der Waals surface area (Å²) in [6.07, 6.45) is 2.79. The first-order valence-electron chi connectivity index (χ1n) is 2.00. The quantitative estimate of drug-likeness (QED) is 0.295. The Kier molecular flexibility index (Phi) is 5.18. The summed E-state index contributed by atoms with van der Waals surface area (Å²) in [5.74, 6) is 0. The van der Waals surface area contributed by atoms with Crippen LogP contribution < -0.4 is 0 Å². The van der Waals surface area contributed by atoms with Crippen molar-refractivity contribution in [3.63, 3.8) is 0 Å². The second-order valence-corrected chi connectivity index (χ2v) is 2.27. The van der Waals surface area contributed by atoms with E-state index in [2.05, 4.69) is 6.66 Å². The van der Waals surface area contributed by atoms with Gasteiger partial charge < -0.3 is 4.79 Å². The van der Waals surface area contributed by atoms with Crippen molar-refractivity contribution in [2.45, 2.75) is 6.42 Å². The maximum Gasteiger partial charge on any atom is 0.120 e. The highest BCUT2D eigenvalue weighted by Crippen LogP contribution is 2.00. The van der Waals surface area contributed by atoms with Crippen LogP contribution in [0.3, 0.4) is 0 Å². The molecular formula is C4H9OP. The van der Waals surface area contributed by atoms with Gasteiger partial charge in [-0.15, -0.1) is 8.58 Å². The Hall–Kier alpha value is 0.100. The third kappa shape index (κ3) is 4.10. The van der Waals surface area contributed by atoms with Gasteiger partial charge in [0.1, 0.15) is 6.29 Å². The van der Waals surface area contributed by atoms with Crippen LogP contribution in [0.4, 0.5) is 0 Å². The Morgan fingerprint density at radius 1 is 1.83 bits per heavy atom. The second kappa shape index (κ2) is 5.10. The van der Waals surface area contributed by atoms with Crippen LogP contribution in [0.5, 0.6) is 0 Å². The van der Waals surface area contributed by atoms with Gasteiger partial charge >= 0.3 is 0 Å². The molecule has 0 rings (SSSR count). The standard InChI is InChI=1S/C4H9OP/c1-6-4-2-3-5/h3,6H,2,4H2,1H3. The monoisotopic (exact) mass is 104 g/mol. The number of hydrogen-bond donors (Lipinski definition) is 0. The lowest BCUT2D eigenvalue weighted by Crippen LogP contribution is -1.73. The summed E-state index contributed by atoms with van der Waals surface area (Å²) in [6, 6.07) is 0. The SMILES string of the molecule is CPCCC=O. The molecule has 1 nitrogen and oxygen atoms in total. The second-order valence-electron chi connectivity index (χ2n) is 1.06. The molecular weight excluding hydrogens is 95.0 g/mol. The van der Waals surface area contributed by atoms with Crippen LogP contribution in [-0.4, -0.2) is 19.1 Å². The van der Waals surface area contributed by atoms with Crippen LogP contribution in [0.25, 0.3) is 0 Å². The largest absolute Gasteiger partial charge is 0.303 e. The summed E-state index contributed by atoms with van der Waals surface area (Å²) >= 11 is 0. The van der Waals surface area contributed by atoms with Crippen molar-refractivity contribution >= 4 is 14.9 Å². The van der Waals surface area contributed by atoms with E-state index in [9.17, 15) is 4.79 Å². The Morgan fingerprint density at radius 2 is 2.50 bits per heavy atom. The summed E-state index contributed by atoms with van der Waals surface area (Å²) in [5.41, 5.74) is 0. The predicted octanol–water partition coefficient (Wildman–Crippen LogP) is 0.884. The number of aldehydes is 1. The lowest BCUT2D eigenvalue weighted by atomic mass is 10.6. The van der Waals surface area contributed by atoms with E-state index in [0.29, 0.717) is 0 Å². The third-order valence-corrected chi connectivity index (χ3v) is 1.30. The highest BCUT2D eigenvalue weighted by atomic mass is 31.1. The minimum Gasteiger partial charge on any atom is -0.303 e. The Balaban J connectivity index is 2.49. The lowest BCUT2D eigenvalue weighted by Gasteiger charge is -1.79. The average molecular weight is 104 g/mol. The zero-order valence-electron chi connectivity index (χ0n) is 3.90. The fourth-order valence-corrected chi connectivity index (χ4v) is 0.610. The van der Waals surface area contributed by atoms with Gasteiger partial charge in [0.25, 0.3) is 0 Å². The Labute approximate surface area is 39.9 Å². The average Bonchev–Trinajstić information content (AvgIpc) is 1.61. The minimum atomic E-state index is 0.745. The molecule has 0 aliphatic carbocycles. The molecule has 0 aliphatic heterocycles. The van der Waals surface area contributed by atoms with E-state index >= 15 is 0 Å². The van der Waals surface area contributed by atoms with E-state index in [1.165, 1.54) is 0 Å². The van der Waals surface area contributed by atoms with Crippen LogP contribution in [0.2, 0.25) is 0 Å². The molecule has 6 heavy (non-hydrogen) atoms. The highest BCUT2D eigenvalue weighted by molar-refractivity contribution is 7.37. The first-order chi connectivity index (χ1) is 2.91. The van der Waals surface area contributed by atoms with Crippen molar-refractivity contribution in [3.05, 3.63) is 0 Å². The molecule has 0 amide bonds. The Morgan fingerprint density at radius 3 is 2.67 bits per heavy atom. The van der Waals surface area contributed by atoms with Crippen molar-refractivity contribution in [2.75, 3.05) is 12.8 Å². The molecule has 0 radical (unpaired) electrons. The number of rotatable bonds is 3. The van der Waals surface area contributed by atoms with Gasteiger partial charge in [-0.25, -0.2) is 0 Å². The molecule has 0 fully saturated rings. The summed E-state index contributed by atoms with van der Waals surface area (Å²) in [5, 5.41) is 0. The molecule has 0 aromatic heterocycles. The van der Waals surface area contributed by atoms with Gasteiger partial charge in [0.2, 0.25) is 0 Å². The zero-order chi connectivity index (χ0) is 4.83. The maximum atomic E-state index is 9.57. The molecule has 0 saturated heterocycles. The normalized spacial score (nSPS) is 10.2. The highest BCUT2D eigenvalue weighted by Gasteiger charge is 1.74. The summed E-state index contributed by atoms with van der Waals surface area (Å²) in [7, 11) is 0.933. The molecule has 0 aromatic carbocycles. The summed E-state index contributed by atoms with van der Waals surface area (Å²) < 4.78 is 0. The van der Waals surface area contributed by atoms with Crippen molar-refractivity contribution in [2.24, 2.45) is 0 Å². The molecule has 1 atom stereocenters. The lowest BCUT2D eigenvalue weighted by molar-refractivity contribution is -0.107. The van der Waals surface area contributed by atoms with Gasteiger partial charge in [-0.1, -0.05) is 0 Å². The van der Waals surface area contributed by atoms with E-state index in [4.69, 9.17) is 0 Å². The summed E-state index contributed by atoms with van der Waals surface area (Å²) in [6.45, 7) is 2.10. The van der Waals surface area contributed by atoms with Crippen LogP contribution in [0.15, 0.2) is 0 Å². The molecule has 0 spiro atoms. The first-order valence-corrected chi connectivity index (χ1v) is 3.70. The molecule has 1 unspecified atom stereocenters. The van der Waals surface area contributed by atoms with E-state index < -0.39 is 0 Å². The molecule has 2 heteroatoms. The topological polar surface area (TPSA) is 17.1 Å². The molecule has 0 bridgehead atoms. The number of carbonyl (C=O) groups excluding carboxylic acids is 1. The van der Waals surface area contributed by atoms with Gasteiger partial charge in [0, 0.05) is 6.42 Å². The predicted molar refractivity (Wildman–Crippen MR) is 29.8 cm³/mol. The van der Waals surface area contributed by atoms with Crippen LogP contribution in [0, 0.1) is 0 Å². The first kappa shape index (κ1) is 6.10. The number of carbonyl (C=O) groups is 1. The van der Waals surface area contributed by atoms with Gasteiger partial charge in [-0.2, -0.15) is 0 Å². The fourth-order valence-electron chi connectivity index (χ4n) is 0.203. The maximum absolute atomic E-state index is 9.57. The van der Waals surface area contributed by atoms with E-state index in [0.717, 1.165) is 27.4 Å². The molecule has 0 saturated carbocycles. The van der Waals surface area contributed by atoms with Crippen molar-refractivity contribution in [3.8, 4) is 0 Å². The molecule has 0 aliphatic rings. The van der Waals surface area contributed by atoms with Gasteiger partial charge in [0.15, 0.2) is 0 Å². The van der Waals surface area contributed by atoms with E-state index in [1.54, 1.807) is 0 Å². The van der Waals surface area contributed by atoms with E-state index in [1.807, 2.05) is 0 Å². The van der Waals surface area contributed by atoms with Crippen molar-refractivity contribution < 1.29 is 4.79 Å². The van der Waals surface area contributed by atoms with Crippen LogP contribution in [-0.2, 0) is 4.79 Å². The van der Waals surface area contributed by atoms with E-state index in [-0.39, 0.29) is 0 Å². The van der Waals surface area contributed by atoms with Gasteiger partial charge in [0.05, 0.1) is 0 Å². The van der Waals surface area contributed by atoms with Crippen molar-refractivity contribution in [1.82, 2.24) is 0 Å². The summed E-state index contributed by atoms with van der Waals surface area (Å²) in [4.78, 5) is 9.57. The third-order valence-electron chi connectivity index (χ3n) is 0.512. The molecule has 0 N–H and O–H groups in total. The zero-order valence-corrected chi connectivity index (χ0v) is 4.90. The molecule has 36 valence electrons. The smallest absolute Gasteiger partial charge is 0.120 e. The Bertz CT molecular complexity index is 36.5.